The van der Waals surface area contributed by atoms with Crippen LogP contribution in [0.4, 0.5) is 0 Å². The fraction of sp³-hybridized carbons (Fsp3) is 0.905. The average Bonchev–Trinajstić information content (AvgIpc) is 3.14. The van der Waals surface area contributed by atoms with Crippen molar-refractivity contribution in [3.05, 3.63) is 0 Å². The summed E-state index contributed by atoms with van der Waals surface area (Å²) >= 11 is 0. The zero-order chi connectivity index (χ0) is 44.9. The van der Waals surface area contributed by atoms with E-state index in [-0.39, 0.29) is 50.7 Å². The van der Waals surface area contributed by atoms with Gasteiger partial charge in [0.05, 0.1) is 42.0 Å². The molecular weight excluding hydrogens is 774 g/mol. The molecule has 3 rings (SSSR count). The van der Waals surface area contributed by atoms with E-state index < -0.39 is 119 Å². The molecule has 5 N–H and O–H groups in total. The third kappa shape index (κ3) is 12.2. The molecule has 17 heteroatoms. The Morgan fingerprint density at radius 3 is 2.08 bits per heavy atom. The number of carbonyl (C=O) groups is 4. The minimum Gasteiger partial charge on any atom is -0.481 e. The van der Waals surface area contributed by atoms with Crippen LogP contribution >= 0.6 is 0 Å². The summed E-state index contributed by atoms with van der Waals surface area (Å²) in [7, 11) is 5.10. The number of nitrogens with zero attached hydrogens (tertiary/aromatic N) is 1. The first-order valence-corrected chi connectivity index (χ1v) is 21.0. The second-order valence-corrected chi connectivity index (χ2v) is 18.2. The Morgan fingerprint density at radius 2 is 1.53 bits per heavy atom. The highest BCUT2D eigenvalue weighted by Gasteiger charge is 2.54. The highest BCUT2D eigenvalue weighted by Crippen LogP contribution is 2.41. The smallest absolute Gasteiger partial charge is 0.311 e. The molecule has 0 radical (unpaired) electrons. The lowest BCUT2D eigenvalue weighted by Crippen LogP contribution is -2.61. The molecule has 59 heavy (non-hydrogen) atoms. The first-order valence-electron chi connectivity index (χ1n) is 21.0. The Hall–Kier alpha value is -2.32. The molecule has 17 nitrogen and oxygen atoms in total. The van der Waals surface area contributed by atoms with E-state index >= 15 is 0 Å². The number of likely N-dealkylation sites (N-methyl/N-ethyl adjacent to an activating group) is 1. The third-order valence-electron chi connectivity index (χ3n) is 12.8. The van der Waals surface area contributed by atoms with Gasteiger partial charge in [0, 0.05) is 50.2 Å². The van der Waals surface area contributed by atoms with Gasteiger partial charge in [-0.05, 0) is 81.3 Å². The molecule has 0 aromatic heterocycles. The van der Waals surface area contributed by atoms with E-state index in [1.54, 1.807) is 41.5 Å². The standard InChI is InChI=1S/C42H73NO16/c1-14-28-42(10,52)35(49)23(4)32(47)21(2)19-40(8,51)36(59-39-33(48)27(43(11)12)18-22(3)54-39)24(5)34(25(6)38(50)56-28)58-31-20-41(9,53-13)37(26(7)55-31)57-30(46)17-15-16-29(44)45/h21-28,31,33-37,39,48-49,51-52H,14-20H2,1-13H3,(H,44,45). The van der Waals surface area contributed by atoms with E-state index in [4.69, 9.17) is 38.3 Å². The summed E-state index contributed by atoms with van der Waals surface area (Å²) in [5, 5.41) is 56.1. The van der Waals surface area contributed by atoms with Crippen LogP contribution in [0.25, 0.3) is 0 Å². The predicted octanol–water partition coefficient (Wildman–Crippen LogP) is 2.59. The van der Waals surface area contributed by atoms with Gasteiger partial charge in [0.2, 0.25) is 0 Å². The molecule has 3 aliphatic rings. The molecule has 0 amide bonds. The highest BCUT2D eigenvalue weighted by molar-refractivity contribution is 5.83. The van der Waals surface area contributed by atoms with Crippen molar-refractivity contribution in [2.24, 2.45) is 23.7 Å². The number of carboxylic acid groups (broad SMARTS) is 1. The van der Waals surface area contributed by atoms with E-state index in [0.29, 0.717) is 6.42 Å². The number of hydrogen-bond acceptors (Lipinski definition) is 16. The van der Waals surface area contributed by atoms with Crippen molar-refractivity contribution in [3.63, 3.8) is 0 Å². The number of rotatable bonds is 12. The van der Waals surface area contributed by atoms with Crippen LogP contribution in [-0.4, -0.2) is 160 Å². The van der Waals surface area contributed by atoms with Crippen LogP contribution in [0.3, 0.4) is 0 Å². The van der Waals surface area contributed by atoms with E-state index in [9.17, 15) is 39.6 Å². The van der Waals surface area contributed by atoms with E-state index in [0.717, 1.165) is 0 Å². The molecule has 3 saturated heterocycles. The average molecular weight is 848 g/mol. The van der Waals surface area contributed by atoms with Gasteiger partial charge < -0.3 is 63.6 Å². The second-order valence-electron chi connectivity index (χ2n) is 18.2. The van der Waals surface area contributed by atoms with Crippen LogP contribution in [0.2, 0.25) is 0 Å². The van der Waals surface area contributed by atoms with Gasteiger partial charge in [0.25, 0.3) is 0 Å². The van der Waals surface area contributed by atoms with Crippen molar-refractivity contribution >= 4 is 23.7 Å². The van der Waals surface area contributed by atoms with Gasteiger partial charge in [-0.15, -0.1) is 0 Å². The predicted molar refractivity (Wildman–Crippen MR) is 212 cm³/mol. The molecule has 0 bridgehead atoms. The molecule has 0 aromatic carbocycles. The molecule has 0 aromatic rings. The topological polar surface area (TPSA) is 237 Å². The van der Waals surface area contributed by atoms with Gasteiger partial charge in [-0.1, -0.05) is 27.7 Å². The molecule has 3 aliphatic heterocycles. The number of ether oxygens (including phenoxy) is 7. The first kappa shape index (κ1) is 51.0. The quantitative estimate of drug-likeness (QED) is 0.178. The third-order valence-corrected chi connectivity index (χ3v) is 12.8. The summed E-state index contributed by atoms with van der Waals surface area (Å²) in [6, 6.07) is -0.367. The number of aliphatic hydroxyl groups excluding tert-OH is 2. The first-order chi connectivity index (χ1) is 27.2. The molecule has 18 unspecified atom stereocenters. The van der Waals surface area contributed by atoms with Crippen LogP contribution < -0.4 is 0 Å². The summed E-state index contributed by atoms with van der Waals surface area (Å²) in [5.41, 5.74) is -5.09. The Labute approximate surface area is 349 Å². The number of esters is 2. The van der Waals surface area contributed by atoms with Crippen molar-refractivity contribution in [1.29, 1.82) is 0 Å². The number of hydrogen-bond donors (Lipinski definition) is 5. The Bertz CT molecular complexity index is 1420. The van der Waals surface area contributed by atoms with Crippen molar-refractivity contribution in [2.75, 3.05) is 21.2 Å². The number of ketones is 1. The fourth-order valence-electron chi connectivity index (χ4n) is 9.20. The van der Waals surface area contributed by atoms with Gasteiger partial charge >= 0.3 is 17.9 Å². The Morgan fingerprint density at radius 1 is 0.898 bits per heavy atom. The molecule has 0 spiro atoms. The van der Waals surface area contributed by atoms with Crippen molar-refractivity contribution in [3.8, 4) is 0 Å². The van der Waals surface area contributed by atoms with Crippen molar-refractivity contribution < 1.29 is 77.9 Å². The molecule has 342 valence electrons. The summed E-state index contributed by atoms with van der Waals surface area (Å²) in [5.74, 6) is -6.97. The number of Topliss-reactive ketones (excluding diaryl/α,β-unsaturated/α-hetero) is 1. The zero-order valence-corrected chi connectivity index (χ0v) is 37.3. The number of carboxylic acids is 1. The maximum absolute atomic E-state index is 14.3. The van der Waals surface area contributed by atoms with Gasteiger partial charge in [-0.25, -0.2) is 0 Å². The van der Waals surface area contributed by atoms with Crippen LogP contribution in [0, 0.1) is 23.7 Å². The van der Waals surface area contributed by atoms with E-state index in [2.05, 4.69) is 0 Å². The maximum Gasteiger partial charge on any atom is 0.311 e. The molecule has 0 aliphatic carbocycles. The summed E-state index contributed by atoms with van der Waals surface area (Å²) in [6.07, 6.45) is -10.8. The molecular formula is C42H73NO16. The van der Waals surface area contributed by atoms with E-state index in [1.165, 1.54) is 27.9 Å². The van der Waals surface area contributed by atoms with Crippen LogP contribution in [0.15, 0.2) is 0 Å². The van der Waals surface area contributed by atoms with Crippen molar-refractivity contribution in [1.82, 2.24) is 4.90 Å². The molecule has 3 heterocycles. The zero-order valence-electron chi connectivity index (χ0n) is 37.3. The van der Waals surface area contributed by atoms with Gasteiger partial charge in [0.15, 0.2) is 18.7 Å². The number of cyclic esters (lactones) is 1. The van der Waals surface area contributed by atoms with Crippen LogP contribution in [0.1, 0.15) is 114 Å². The Balaban J connectivity index is 2.13. The second kappa shape index (κ2) is 20.7. The summed E-state index contributed by atoms with van der Waals surface area (Å²) in [4.78, 5) is 53.8. The van der Waals surface area contributed by atoms with Crippen molar-refractivity contribution in [2.45, 2.75) is 198 Å². The molecule has 0 saturated carbocycles. The van der Waals surface area contributed by atoms with Crippen LogP contribution in [0.5, 0.6) is 0 Å². The minimum atomic E-state index is -2.05. The maximum atomic E-state index is 14.3. The van der Waals surface area contributed by atoms with Gasteiger partial charge in [-0.2, -0.15) is 0 Å². The number of carbonyl (C=O) groups excluding carboxylic acids is 3. The normalized spacial score (nSPS) is 44.4. The molecule has 18 atom stereocenters. The lowest BCUT2D eigenvalue weighted by atomic mass is 9.74. The number of aliphatic carboxylic acids is 1. The number of methoxy groups -OCH3 is 1. The lowest BCUT2D eigenvalue weighted by molar-refractivity contribution is -0.318. The monoisotopic (exact) mass is 847 g/mol. The lowest BCUT2D eigenvalue weighted by Gasteiger charge is -2.49. The summed E-state index contributed by atoms with van der Waals surface area (Å²) in [6.45, 7) is 16.1. The number of aliphatic hydroxyl groups is 4. The van der Waals surface area contributed by atoms with Crippen LogP contribution in [-0.2, 0) is 52.3 Å². The van der Waals surface area contributed by atoms with Gasteiger partial charge in [0.1, 0.15) is 29.2 Å². The Kier molecular flexibility index (Phi) is 17.9. The SMILES string of the molecule is CCC1OC(=O)C(C)C(OC2CC(C)(OC)C(OC(=O)CCCC(=O)O)C(C)O2)C(C)C(OC2OC(C)CC(N(C)C)C2O)C(C)(O)CC(C)C(=O)C(C)C(O)C1(C)O. The fourth-order valence-corrected chi connectivity index (χ4v) is 9.20. The largest absolute Gasteiger partial charge is 0.481 e. The summed E-state index contributed by atoms with van der Waals surface area (Å²) < 4.78 is 43.5. The highest BCUT2D eigenvalue weighted by atomic mass is 16.7. The van der Waals surface area contributed by atoms with E-state index in [1.807, 2.05) is 25.9 Å². The molecule has 3 fully saturated rings. The minimum absolute atomic E-state index is 0.0117. The van der Waals surface area contributed by atoms with Gasteiger partial charge in [-0.3, -0.25) is 19.2 Å².